The number of nitrogens with zero attached hydrogens (tertiary/aromatic N) is 2. The molecule has 1 N–H and O–H groups in total. The van der Waals surface area contributed by atoms with Crippen molar-refractivity contribution >= 4 is 34.7 Å². The number of hydrogen-bond acceptors (Lipinski definition) is 4. The number of hydrogen-bond donors (Lipinski definition) is 1. The van der Waals surface area contributed by atoms with Gasteiger partial charge in [0.25, 0.3) is 5.91 Å². The van der Waals surface area contributed by atoms with Gasteiger partial charge in [0, 0.05) is 19.0 Å². The molecule has 0 spiro atoms. The monoisotopic (exact) mass is 377 g/mol. The Labute approximate surface area is 164 Å². The maximum atomic E-state index is 12.9. The summed E-state index contributed by atoms with van der Waals surface area (Å²) in [5, 5.41) is 8.24. The Morgan fingerprint density at radius 1 is 1.11 bits per heavy atom. The molecule has 28 heavy (non-hydrogen) atoms. The smallest absolute Gasteiger partial charge is 0.263 e. The number of nitrogens with one attached hydrogen (secondary N) is 1. The Morgan fingerprint density at radius 3 is 2.43 bits per heavy atom. The van der Waals surface area contributed by atoms with Crippen LogP contribution >= 0.6 is 0 Å². The predicted molar refractivity (Wildman–Crippen MR) is 109 cm³/mol. The van der Waals surface area contributed by atoms with E-state index in [-0.39, 0.29) is 24.0 Å². The van der Waals surface area contributed by atoms with Crippen molar-refractivity contribution in [2.45, 2.75) is 33.6 Å². The molecule has 3 rings (SSSR count). The van der Waals surface area contributed by atoms with E-state index in [0.29, 0.717) is 17.1 Å². The zero-order valence-corrected chi connectivity index (χ0v) is 16.2. The first-order chi connectivity index (χ1) is 13.4. The zero-order valence-electron chi connectivity index (χ0n) is 16.2. The summed E-state index contributed by atoms with van der Waals surface area (Å²) >= 11 is 0. The van der Waals surface area contributed by atoms with Gasteiger partial charge in [-0.1, -0.05) is 31.2 Å². The number of anilines is 2. The van der Waals surface area contributed by atoms with Gasteiger partial charge in [-0.25, -0.2) is 0 Å². The first-order valence-corrected chi connectivity index (χ1v) is 9.26. The van der Waals surface area contributed by atoms with E-state index < -0.39 is 5.92 Å². The average Bonchev–Trinajstić information content (AvgIpc) is 2.96. The summed E-state index contributed by atoms with van der Waals surface area (Å²) in [5.41, 5.74) is 3.75. The fraction of sp³-hybridized carbons (Fsp3) is 0.273. The second-order valence-corrected chi connectivity index (χ2v) is 6.87. The first-order valence-electron chi connectivity index (χ1n) is 9.26. The van der Waals surface area contributed by atoms with Gasteiger partial charge in [0.05, 0.1) is 11.4 Å². The van der Waals surface area contributed by atoms with Crippen LogP contribution in [0.5, 0.6) is 0 Å². The molecule has 1 aliphatic rings. The average molecular weight is 377 g/mol. The van der Waals surface area contributed by atoms with E-state index in [9.17, 15) is 14.4 Å². The van der Waals surface area contributed by atoms with Gasteiger partial charge in [-0.2, -0.15) is 10.1 Å². The third kappa shape index (κ3) is 4.17. The first kappa shape index (κ1) is 19.5. The number of Topliss-reactive ketones (excluding diaryl/α,β-unsaturated/α-hetero) is 1. The van der Waals surface area contributed by atoms with Crippen LogP contribution in [0, 0.1) is 5.92 Å². The number of aryl methyl sites for hydroxylation is 1. The molecule has 0 aliphatic carbocycles. The Bertz CT molecular complexity index is 948. The lowest BCUT2D eigenvalue weighted by atomic mass is 9.93. The van der Waals surface area contributed by atoms with Gasteiger partial charge in [0.15, 0.2) is 5.78 Å². The molecule has 6 heteroatoms. The van der Waals surface area contributed by atoms with Gasteiger partial charge >= 0.3 is 0 Å². The molecule has 1 unspecified atom stereocenters. The van der Waals surface area contributed by atoms with Crippen LogP contribution in [-0.4, -0.2) is 23.3 Å². The van der Waals surface area contributed by atoms with Crippen molar-refractivity contribution in [1.29, 1.82) is 0 Å². The largest absolute Gasteiger partial charge is 0.326 e. The lowest BCUT2D eigenvalue weighted by Gasteiger charge is -2.14. The molecule has 1 aliphatic heterocycles. The molecular formula is C22H23N3O3. The molecule has 1 atom stereocenters. The Morgan fingerprint density at radius 2 is 1.79 bits per heavy atom. The number of amides is 2. The van der Waals surface area contributed by atoms with E-state index in [1.165, 1.54) is 11.9 Å². The van der Waals surface area contributed by atoms with Crippen LogP contribution in [0.25, 0.3) is 0 Å². The number of benzene rings is 2. The highest BCUT2D eigenvalue weighted by Gasteiger charge is 2.39. The molecule has 0 saturated carbocycles. The van der Waals surface area contributed by atoms with Crippen LogP contribution in [0.3, 0.4) is 0 Å². The van der Waals surface area contributed by atoms with Crippen LogP contribution in [0.2, 0.25) is 0 Å². The predicted octanol–water partition coefficient (Wildman–Crippen LogP) is 3.36. The number of hydrazone groups is 1. The maximum Gasteiger partial charge on any atom is 0.263 e. The highest BCUT2D eigenvalue weighted by molar-refractivity contribution is 6.27. The third-order valence-electron chi connectivity index (χ3n) is 4.66. The normalized spacial score (nSPS) is 16.1. The van der Waals surface area contributed by atoms with E-state index in [4.69, 9.17) is 0 Å². The molecule has 1 heterocycles. The molecule has 6 nitrogen and oxygen atoms in total. The number of carbonyl (C=O) groups is 3. The molecule has 0 saturated heterocycles. The summed E-state index contributed by atoms with van der Waals surface area (Å²) in [7, 11) is 0. The third-order valence-corrected chi connectivity index (χ3v) is 4.66. The SMILES string of the molecule is CCc1cccc(CC(=O)C2C(=O)N(c3ccc(NC(C)=O)cc3)N=C2C)c1. The number of rotatable bonds is 6. The zero-order chi connectivity index (χ0) is 20.3. The van der Waals surface area contributed by atoms with Crippen molar-refractivity contribution < 1.29 is 14.4 Å². The van der Waals surface area contributed by atoms with Gasteiger partial charge in [-0.05, 0) is 48.7 Å². The fourth-order valence-corrected chi connectivity index (χ4v) is 3.27. The van der Waals surface area contributed by atoms with Gasteiger partial charge in [-0.3, -0.25) is 14.4 Å². The Balaban J connectivity index is 1.74. The van der Waals surface area contributed by atoms with E-state index in [2.05, 4.69) is 17.3 Å². The van der Waals surface area contributed by atoms with Gasteiger partial charge in [0.2, 0.25) is 5.91 Å². The number of ketones is 1. The minimum atomic E-state index is -0.861. The standard InChI is InChI=1S/C22H23N3O3/c1-4-16-6-5-7-17(12-16)13-20(27)21-14(2)24-25(22(21)28)19-10-8-18(9-11-19)23-15(3)26/h5-12,21H,4,13H2,1-3H3,(H,23,26). The quantitative estimate of drug-likeness (QED) is 0.784. The van der Waals surface area contributed by atoms with Crippen LogP contribution in [0.15, 0.2) is 53.6 Å². The van der Waals surface area contributed by atoms with E-state index in [1.54, 1.807) is 31.2 Å². The lowest BCUT2D eigenvalue weighted by Crippen LogP contribution is -2.33. The highest BCUT2D eigenvalue weighted by atomic mass is 16.2. The second kappa shape index (κ2) is 8.17. The molecule has 0 bridgehead atoms. The van der Waals surface area contributed by atoms with Crippen molar-refractivity contribution in [1.82, 2.24) is 0 Å². The Kier molecular flexibility index (Phi) is 5.68. The fourth-order valence-electron chi connectivity index (χ4n) is 3.27. The van der Waals surface area contributed by atoms with E-state index in [1.807, 2.05) is 24.3 Å². The van der Waals surface area contributed by atoms with Crippen molar-refractivity contribution in [3.8, 4) is 0 Å². The van der Waals surface area contributed by atoms with Crippen LogP contribution in [0.1, 0.15) is 31.9 Å². The minimum absolute atomic E-state index is 0.156. The highest BCUT2D eigenvalue weighted by Crippen LogP contribution is 2.26. The van der Waals surface area contributed by atoms with Crippen LogP contribution in [0.4, 0.5) is 11.4 Å². The maximum absolute atomic E-state index is 12.9. The molecule has 0 fully saturated rings. The molecule has 2 amide bonds. The molecule has 2 aromatic rings. The topological polar surface area (TPSA) is 78.8 Å². The number of carbonyl (C=O) groups excluding carboxylic acids is 3. The van der Waals surface area contributed by atoms with Crippen LogP contribution < -0.4 is 10.3 Å². The molecular weight excluding hydrogens is 354 g/mol. The Hall–Kier alpha value is -3.28. The summed E-state index contributed by atoms with van der Waals surface area (Å²) in [4.78, 5) is 36.8. The van der Waals surface area contributed by atoms with Crippen LogP contribution in [-0.2, 0) is 27.2 Å². The summed E-state index contributed by atoms with van der Waals surface area (Å²) in [5.74, 6) is -1.53. The molecule has 0 radical (unpaired) electrons. The summed E-state index contributed by atoms with van der Waals surface area (Å²) in [6.07, 6.45) is 1.10. The van der Waals surface area contributed by atoms with Crippen molar-refractivity contribution in [2.75, 3.05) is 10.3 Å². The van der Waals surface area contributed by atoms with Gasteiger partial charge < -0.3 is 5.32 Å². The van der Waals surface area contributed by atoms with Crippen molar-refractivity contribution in [3.05, 3.63) is 59.7 Å². The van der Waals surface area contributed by atoms with Crippen molar-refractivity contribution in [2.24, 2.45) is 11.0 Å². The summed E-state index contributed by atoms with van der Waals surface area (Å²) in [6, 6.07) is 14.6. The summed E-state index contributed by atoms with van der Waals surface area (Å²) in [6.45, 7) is 5.19. The summed E-state index contributed by atoms with van der Waals surface area (Å²) < 4.78 is 0. The second-order valence-electron chi connectivity index (χ2n) is 6.87. The van der Waals surface area contributed by atoms with E-state index in [0.717, 1.165) is 17.5 Å². The molecule has 2 aromatic carbocycles. The van der Waals surface area contributed by atoms with E-state index >= 15 is 0 Å². The molecule has 0 aromatic heterocycles. The lowest BCUT2D eigenvalue weighted by molar-refractivity contribution is -0.128. The van der Waals surface area contributed by atoms with Crippen molar-refractivity contribution in [3.63, 3.8) is 0 Å². The minimum Gasteiger partial charge on any atom is -0.326 e. The molecule has 144 valence electrons. The van der Waals surface area contributed by atoms with Gasteiger partial charge in [-0.15, -0.1) is 0 Å². The van der Waals surface area contributed by atoms with Gasteiger partial charge in [0.1, 0.15) is 5.92 Å².